The predicted molar refractivity (Wildman–Crippen MR) is 105 cm³/mol. The molecule has 160 valence electrons. The van der Waals surface area contributed by atoms with Crippen molar-refractivity contribution in [3.8, 4) is 0 Å². The van der Waals surface area contributed by atoms with Crippen LogP contribution < -0.4 is 10.2 Å². The summed E-state index contributed by atoms with van der Waals surface area (Å²) >= 11 is 0. The van der Waals surface area contributed by atoms with Crippen LogP contribution in [0.3, 0.4) is 0 Å². The van der Waals surface area contributed by atoms with Crippen LogP contribution in [0.25, 0.3) is 0 Å². The van der Waals surface area contributed by atoms with Gasteiger partial charge in [0.1, 0.15) is 11.6 Å². The lowest BCUT2D eigenvalue weighted by atomic mass is 9.63. The van der Waals surface area contributed by atoms with Crippen molar-refractivity contribution >= 4 is 11.7 Å². The SMILES string of the molecule is O=C(NC1CCN(c2ccc(C(F)(F)F)cn2)CC1)C1(c2ccc(F)cc2)CCC1. The van der Waals surface area contributed by atoms with Crippen LogP contribution in [0.4, 0.5) is 23.4 Å². The second-order valence-corrected chi connectivity index (χ2v) is 8.08. The Morgan fingerprint density at radius 2 is 1.73 bits per heavy atom. The molecule has 2 aromatic rings. The number of hydrogen-bond acceptors (Lipinski definition) is 3. The van der Waals surface area contributed by atoms with E-state index in [0.717, 1.165) is 37.1 Å². The van der Waals surface area contributed by atoms with Gasteiger partial charge in [0, 0.05) is 25.3 Å². The van der Waals surface area contributed by atoms with Gasteiger partial charge in [0.05, 0.1) is 11.0 Å². The number of nitrogens with zero attached hydrogens (tertiary/aromatic N) is 2. The molecule has 1 N–H and O–H groups in total. The molecular weight excluding hydrogens is 398 g/mol. The van der Waals surface area contributed by atoms with E-state index in [9.17, 15) is 22.4 Å². The van der Waals surface area contributed by atoms with Gasteiger partial charge in [-0.05, 0) is 55.5 Å². The van der Waals surface area contributed by atoms with E-state index in [1.165, 1.54) is 18.2 Å². The first kappa shape index (κ1) is 20.6. The average molecular weight is 421 g/mol. The minimum Gasteiger partial charge on any atom is -0.356 e. The Labute approximate surface area is 172 Å². The molecule has 2 fully saturated rings. The molecule has 1 saturated carbocycles. The highest BCUT2D eigenvalue weighted by atomic mass is 19.4. The number of amides is 1. The van der Waals surface area contributed by atoms with E-state index >= 15 is 0 Å². The van der Waals surface area contributed by atoms with Crippen molar-refractivity contribution in [2.45, 2.75) is 49.7 Å². The third kappa shape index (κ3) is 4.00. The fourth-order valence-corrected chi connectivity index (χ4v) is 4.26. The quantitative estimate of drug-likeness (QED) is 0.743. The molecule has 30 heavy (non-hydrogen) atoms. The van der Waals surface area contributed by atoms with Crippen LogP contribution in [0.15, 0.2) is 42.6 Å². The highest BCUT2D eigenvalue weighted by molar-refractivity contribution is 5.89. The van der Waals surface area contributed by atoms with E-state index in [1.54, 1.807) is 12.1 Å². The number of pyridine rings is 1. The van der Waals surface area contributed by atoms with E-state index in [0.29, 0.717) is 31.7 Å². The average Bonchev–Trinajstić information content (AvgIpc) is 2.69. The maximum absolute atomic E-state index is 13.3. The second-order valence-electron chi connectivity index (χ2n) is 8.08. The summed E-state index contributed by atoms with van der Waals surface area (Å²) in [7, 11) is 0. The summed E-state index contributed by atoms with van der Waals surface area (Å²) < 4.78 is 51.3. The van der Waals surface area contributed by atoms with Crippen molar-refractivity contribution in [1.82, 2.24) is 10.3 Å². The maximum atomic E-state index is 13.3. The highest BCUT2D eigenvalue weighted by Crippen LogP contribution is 2.44. The number of aromatic nitrogens is 1. The molecule has 2 heterocycles. The van der Waals surface area contributed by atoms with E-state index in [4.69, 9.17) is 0 Å². The number of carbonyl (C=O) groups is 1. The van der Waals surface area contributed by atoms with E-state index < -0.39 is 17.2 Å². The summed E-state index contributed by atoms with van der Waals surface area (Å²) in [4.78, 5) is 18.9. The molecule has 1 aromatic carbocycles. The molecule has 0 spiro atoms. The number of benzene rings is 1. The van der Waals surface area contributed by atoms with Gasteiger partial charge >= 0.3 is 6.18 Å². The molecule has 1 aromatic heterocycles. The minimum absolute atomic E-state index is 0.00104. The van der Waals surface area contributed by atoms with Crippen LogP contribution in [0.2, 0.25) is 0 Å². The molecule has 1 saturated heterocycles. The summed E-state index contributed by atoms with van der Waals surface area (Å²) in [5.41, 5.74) is -0.501. The molecule has 4 rings (SSSR count). The van der Waals surface area contributed by atoms with E-state index in [-0.39, 0.29) is 17.8 Å². The smallest absolute Gasteiger partial charge is 0.356 e. The van der Waals surface area contributed by atoms with Crippen LogP contribution in [-0.2, 0) is 16.4 Å². The van der Waals surface area contributed by atoms with Crippen molar-refractivity contribution < 1.29 is 22.4 Å². The first-order valence-corrected chi connectivity index (χ1v) is 10.1. The molecule has 2 aliphatic rings. The van der Waals surface area contributed by atoms with Crippen molar-refractivity contribution in [1.29, 1.82) is 0 Å². The molecule has 1 aliphatic carbocycles. The summed E-state index contributed by atoms with van der Waals surface area (Å²) in [5.74, 6) is 0.166. The Morgan fingerprint density at radius 1 is 1.07 bits per heavy atom. The molecule has 1 aliphatic heterocycles. The molecular formula is C22H23F4N3O. The molecule has 0 bridgehead atoms. The number of anilines is 1. The third-order valence-electron chi connectivity index (χ3n) is 6.27. The Kier molecular flexibility index (Phi) is 5.42. The van der Waals surface area contributed by atoms with Gasteiger partial charge in [0.2, 0.25) is 5.91 Å². The van der Waals surface area contributed by atoms with Gasteiger partial charge in [-0.3, -0.25) is 4.79 Å². The third-order valence-corrected chi connectivity index (χ3v) is 6.27. The van der Waals surface area contributed by atoms with Crippen molar-refractivity contribution in [2.75, 3.05) is 18.0 Å². The predicted octanol–water partition coefficient (Wildman–Crippen LogP) is 4.45. The lowest BCUT2D eigenvalue weighted by molar-refractivity contribution is -0.137. The summed E-state index contributed by atoms with van der Waals surface area (Å²) in [5, 5.41) is 3.15. The van der Waals surface area contributed by atoms with Gasteiger partial charge in [-0.25, -0.2) is 9.37 Å². The molecule has 0 atom stereocenters. The van der Waals surface area contributed by atoms with Gasteiger partial charge in [-0.1, -0.05) is 18.6 Å². The number of piperidine rings is 1. The Hall–Kier alpha value is -2.64. The second kappa shape index (κ2) is 7.89. The van der Waals surface area contributed by atoms with Crippen LogP contribution >= 0.6 is 0 Å². The molecule has 0 radical (unpaired) electrons. The fourth-order valence-electron chi connectivity index (χ4n) is 4.26. The van der Waals surface area contributed by atoms with Crippen molar-refractivity contribution in [2.24, 2.45) is 0 Å². The highest BCUT2D eigenvalue weighted by Gasteiger charge is 2.46. The normalized spacial score (nSPS) is 19.3. The Morgan fingerprint density at radius 3 is 2.23 bits per heavy atom. The summed E-state index contributed by atoms with van der Waals surface area (Å²) in [6.45, 7) is 1.21. The number of rotatable bonds is 4. The molecule has 8 heteroatoms. The number of hydrogen-bond donors (Lipinski definition) is 1. The zero-order chi connectivity index (χ0) is 21.4. The van der Waals surface area contributed by atoms with Crippen LogP contribution in [-0.4, -0.2) is 30.0 Å². The number of halogens is 4. The van der Waals surface area contributed by atoms with Gasteiger partial charge < -0.3 is 10.2 Å². The lowest BCUT2D eigenvalue weighted by Crippen LogP contribution is -2.54. The van der Waals surface area contributed by atoms with Gasteiger partial charge in [-0.15, -0.1) is 0 Å². The molecule has 1 amide bonds. The largest absolute Gasteiger partial charge is 0.417 e. The van der Waals surface area contributed by atoms with Gasteiger partial charge in [0.25, 0.3) is 0 Å². The molecule has 4 nitrogen and oxygen atoms in total. The van der Waals surface area contributed by atoms with E-state index in [1.807, 2.05) is 4.90 Å². The zero-order valence-electron chi connectivity index (χ0n) is 16.4. The van der Waals surface area contributed by atoms with Crippen LogP contribution in [0.5, 0.6) is 0 Å². The number of alkyl halides is 3. The van der Waals surface area contributed by atoms with E-state index in [2.05, 4.69) is 10.3 Å². The molecule has 0 unspecified atom stereocenters. The van der Waals surface area contributed by atoms with Crippen molar-refractivity contribution in [3.63, 3.8) is 0 Å². The first-order chi connectivity index (χ1) is 14.3. The van der Waals surface area contributed by atoms with Gasteiger partial charge in [-0.2, -0.15) is 13.2 Å². The summed E-state index contributed by atoms with van der Waals surface area (Å²) in [6.07, 6.45) is 0.291. The minimum atomic E-state index is -4.40. The first-order valence-electron chi connectivity index (χ1n) is 10.1. The van der Waals surface area contributed by atoms with Crippen molar-refractivity contribution in [3.05, 3.63) is 59.5 Å². The fraction of sp³-hybridized carbons (Fsp3) is 0.455. The zero-order valence-corrected chi connectivity index (χ0v) is 16.4. The maximum Gasteiger partial charge on any atom is 0.417 e. The van der Waals surface area contributed by atoms with Crippen LogP contribution in [0.1, 0.15) is 43.2 Å². The lowest BCUT2D eigenvalue weighted by Gasteiger charge is -2.42. The van der Waals surface area contributed by atoms with Gasteiger partial charge in [0.15, 0.2) is 0 Å². The Balaban J connectivity index is 1.35. The topological polar surface area (TPSA) is 45.2 Å². The number of carbonyl (C=O) groups excluding carboxylic acids is 1. The standard InChI is InChI=1S/C22H23F4N3O/c23-17-5-2-15(3-6-17)21(10-1-11-21)20(30)28-18-8-12-29(13-9-18)19-7-4-16(14-27-19)22(24,25)26/h2-7,14,18H,1,8-13H2,(H,28,30). The number of nitrogens with one attached hydrogen (secondary N) is 1. The Bertz CT molecular complexity index is 884. The van der Waals surface area contributed by atoms with Crippen LogP contribution in [0, 0.1) is 5.82 Å². The summed E-state index contributed by atoms with van der Waals surface area (Å²) in [6, 6.07) is 8.58. The monoisotopic (exact) mass is 421 g/mol.